The van der Waals surface area contributed by atoms with Crippen molar-refractivity contribution in [3.8, 4) is 11.5 Å². The van der Waals surface area contributed by atoms with E-state index in [0.717, 1.165) is 18.2 Å². The number of fused-ring (bicyclic) bond motifs is 1. The number of unbranched alkanes of at least 4 members (excludes halogenated alkanes) is 1. The van der Waals surface area contributed by atoms with E-state index in [1.807, 2.05) is 0 Å². The molecule has 104 valence electrons. The standard InChI is InChI=1S/C13H15BrClNO3/c14-4-2-1-3-13(17)16-10-8-12-11(7-9(10)15)18-5-6-19-12/h7-8H,1-6H2,(H,16,17). The van der Waals surface area contributed by atoms with Crippen LogP contribution in [0.2, 0.25) is 5.02 Å². The number of anilines is 1. The first-order valence-corrected chi connectivity index (χ1v) is 7.65. The summed E-state index contributed by atoms with van der Waals surface area (Å²) in [5, 5.41) is 4.16. The maximum atomic E-state index is 11.8. The maximum absolute atomic E-state index is 11.8. The van der Waals surface area contributed by atoms with Gasteiger partial charge in [0.2, 0.25) is 5.91 Å². The molecule has 6 heteroatoms. The minimum absolute atomic E-state index is 0.0421. The molecule has 0 spiro atoms. The molecule has 1 aliphatic rings. The summed E-state index contributed by atoms with van der Waals surface area (Å²) < 4.78 is 10.9. The van der Waals surface area contributed by atoms with Crippen molar-refractivity contribution in [3.05, 3.63) is 17.2 Å². The van der Waals surface area contributed by atoms with Crippen LogP contribution in [0.25, 0.3) is 0 Å². The summed E-state index contributed by atoms with van der Waals surface area (Å²) in [6, 6.07) is 3.38. The second kappa shape index (κ2) is 7.01. The van der Waals surface area contributed by atoms with Crippen LogP contribution in [0.3, 0.4) is 0 Å². The Hall–Kier alpha value is -0.940. The Bertz CT molecular complexity index is 467. The molecule has 0 unspecified atom stereocenters. The zero-order valence-electron chi connectivity index (χ0n) is 10.4. The predicted octanol–water partition coefficient (Wildman–Crippen LogP) is 3.61. The largest absolute Gasteiger partial charge is 0.486 e. The van der Waals surface area contributed by atoms with Crippen LogP contribution in [0.5, 0.6) is 11.5 Å². The number of carbonyl (C=O) groups is 1. The fraction of sp³-hybridized carbons (Fsp3) is 0.462. The van der Waals surface area contributed by atoms with Crippen LogP contribution in [0, 0.1) is 0 Å². The Morgan fingerprint density at radius 2 is 1.95 bits per heavy atom. The van der Waals surface area contributed by atoms with E-state index in [-0.39, 0.29) is 5.91 Å². The number of nitrogens with one attached hydrogen (secondary N) is 1. The topological polar surface area (TPSA) is 47.6 Å². The van der Waals surface area contributed by atoms with Crippen molar-refractivity contribution in [1.82, 2.24) is 0 Å². The summed E-state index contributed by atoms with van der Waals surface area (Å²) in [4.78, 5) is 11.8. The maximum Gasteiger partial charge on any atom is 0.224 e. The highest BCUT2D eigenvalue weighted by molar-refractivity contribution is 9.09. The Balaban J connectivity index is 2.01. The molecule has 0 bridgehead atoms. The molecule has 4 nitrogen and oxygen atoms in total. The van der Waals surface area contributed by atoms with Gasteiger partial charge in [-0.1, -0.05) is 27.5 Å². The van der Waals surface area contributed by atoms with E-state index in [1.54, 1.807) is 12.1 Å². The zero-order valence-corrected chi connectivity index (χ0v) is 12.7. The number of benzene rings is 1. The van der Waals surface area contributed by atoms with Gasteiger partial charge in [-0.2, -0.15) is 0 Å². The second-order valence-corrected chi connectivity index (χ2v) is 5.37. The van der Waals surface area contributed by atoms with E-state index in [1.165, 1.54) is 0 Å². The lowest BCUT2D eigenvalue weighted by molar-refractivity contribution is -0.116. The molecule has 0 fully saturated rings. The van der Waals surface area contributed by atoms with Gasteiger partial charge in [-0.15, -0.1) is 0 Å². The molecule has 1 N–H and O–H groups in total. The van der Waals surface area contributed by atoms with Gasteiger partial charge in [0.25, 0.3) is 0 Å². The van der Waals surface area contributed by atoms with E-state index in [9.17, 15) is 4.79 Å². The third kappa shape index (κ3) is 4.01. The molecule has 0 aromatic heterocycles. The Morgan fingerprint density at radius 3 is 2.63 bits per heavy atom. The molecule has 1 aliphatic heterocycles. The van der Waals surface area contributed by atoms with Gasteiger partial charge in [0.15, 0.2) is 11.5 Å². The molecule has 0 atom stereocenters. The number of halogens is 2. The average molecular weight is 349 g/mol. The lowest BCUT2D eigenvalue weighted by Crippen LogP contribution is -2.16. The quantitative estimate of drug-likeness (QED) is 0.653. The van der Waals surface area contributed by atoms with Gasteiger partial charge < -0.3 is 14.8 Å². The van der Waals surface area contributed by atoms with Crippen molar-refractivity contribution in [1.29, 1.82) is 0 Å². The van der Waals surface area contributed by atoms with Gasteiger partial charge in [-0.25, -0.2) is 0 Å². The summed E-state index contributed by atoms with van der Waals surface area (Å²) in [5.41, 5.74) is 0.565. The van der Waals surface area contributed by atoms with Gasteiger partial charge in [0.1, 0.15) is 13.2 Å². The van der Waals surface area contributed by atoms with Gasteiger partial charge in [0, 0.05) is 23.9 Å². The normalized spacial score (nSPS) is 13.2. The van der Waals surface area contributed by atoms with E-state index >= 15 is 0 Å². The molecule has 0 radical (unpaired) electrons. The highest BCUT2D eigenvalue weighted by Crippen LogP contribution is 2.37. The molecule has 0 saturated carbocycles. The summed E-state index contributed by atoms with van der Waals surface area (Å²) in [6.07, 6.45) is 2.30. The van der Waals surface area contributed by atoms with Crippen molar-refractivity contribution in [2.24, 2.45) is 0 Å². The molecule has 1 aromatic rings. The van der Waals surface area contributed by atoms with Gasteiger partial charge in [-0.3, -0.25) is 4.79 Å². The van der Waals surface area contributed by atoms with Crippen molar-refractivity contribution in [3.63, 3.8) is 0 Å². The zero-order chi connectivity index (χ0) is 13.7. The van der Waals surface area contributed by atoms with Crippen LogP contribution >= 0.6 is 27.5 Å². The van der Waals surface area contributed by atoms with Crippen LogP contribution in [-0.4, -0.2) is 24.5 Å². The monoisotopic (exact) mass is 347 g/mol. The predicted molar refractivity (Wildman–Crippen MR) is 78.7 cm³/mol. The number of rotatable bonds is 5. The summed E-state index contributed by atoms with van der Waals surface area (Å²) >= 11 is 9.44. The fourth-order valence-corrected chi connectivity index (χ4v) is 2.35. The van der Waals surface area contributed by atoms with E-state index in [2.05, 4.69) is 21.2 Å². The Labute approximate surface area is 125 Å². The second-order valence-electron chi connectivity index (χ2n) is 4.17. The average Bonchev–Trinajstić information content (AvgIpc) is 2.40. The molecule has 1 heterocycles. The van der Waals surface area contributed by atoms with Crippen LogP contribution in [0.4, 0.5) is 5.69 Å². The molecular formula is C13H15BrClNO3. The number of hydrogen-bond donors (Lipinski definition) is 1. The van der Waals surface area contributed by atoms with Gasteiger partial charge in [-0.05, 0) is 12.8 Å². The fourth-order valence-electron chi connectivity index (χ4n) is 1.75. The van der Waals surface area contributed by atoms with Crippen molar-refractivity contribution in [2.75, 3.05) is 23.9 Å². The SMILES string of the molecule is O=C(CCCCBr)Nc1cc2c(cc1Cl)OCCO2. The minimum atomic E-state index is -0.0421. The van der Waals surface area contributed by atoms with Crippen LogP contribution in [0.15, 0.2) is 12.1 Å². The molecule has 0 saturated heterocycles. The number of alkyl halides is 1. The number of ether oxygens (including phenoxy) is 2. The molecular weight excluding hydrogens is 334 g/mol. The molecule has 1 amide bonds. The smallest absolute Gasteiger partial charge is 0.224 e. The number of amides is 1. The third-order valence-electron chi connectivity index (χ3n) is 2.69. The lowest BCUT2D eigenvalue weighted by atomic mass is 10.2. The Kier molecular flexibility index (Phi) is 5.34. The van der Waals surface area contributed by atoms with Crippen LogP contribution in [0.1, 0.15) is 19.3 Å². The molecule has 2 rings (SSSR count). The summed E-state index contributed by atoms with van der Waals surface area (Å²) in [5.74, 6) is 1.19. The van der Waals surface area contributed by atoms with Crippen molar-refractivity contribution >= 4 is 39.1 Å². The van der Waals surface area contributed by atoms with Gasteiger partial charge in [0.05, 0.1) is 10.7 Å². The van der Waals surface area contributed by atoms with E-state index < -0.39 is 0 Å². The first-order valence-electron chi connectivity index (χ1n) is 6.15. The first kappa shape index (κ1) is 14.5. The molecule has 0 aliphatic carbocycles. The number of hydrogen-bond acceptors (Lipinski definition) is 3. The van der Waals surface area contributed by atoms with Crippen LogP contribution < -0.4 is 14.8 Å². The molecule has 1 aromatic carbocycles. The van der Waals surface area contributed by atoms with Crippen LogP contribution in [-0.2, 0) is 4.79 Å². The Morgan fingerprint density at radius 1 is 1.26 bits per heavy atom. The summed E-state index contributed by atoms with van der Waals surface area (Å²) in [6.45, 7) is 1.02. The highest BCUT2D eigenvalue weighted by Gasteiger charge is 2.16. The van der Waals surface area contributed by atoms with Crippen molar-refractivity contribution < 1.29 is 14.3 Å². The number of carbonyl (C=O) groups excluding carboxylic acids is 1. The van der Waals surface area contributed by atoms with Gasteiger partial charge >= 0.3 is 0 Å². The molecule has 19 heavy (non-hydrogen) atoms. The van der Waals surface area contributed by atoms with E-state index in [0.29, 0.717) is 41.8 Å². The highest BCUT2D eigenvalue weighted by atomic mass is 79.9. The first-order chi connectivity index (χ1) is 9.20. The minimum Gasteiger partial charge on any atom is -0.486 e. The summed E-state index contributed by atoms with van der Waals surface area (Å²) in [7, 11) is 0. The lowest BCUT2D eigenvalue weighted by Gasteiger charge is -2.20. The third-order valence-corrected chi connectivity index (χ3v) is 3.57. The van der Waals surface area contributed by atoms with E-state index in [4.69, 9.17) is 21.1 Å². The van der Waals surface area contributed by atoms with Crippen molar-refractivity contribution in [2.45, 2.75) is 19.3 Å².